The van der Waals surface area contributed by atoms with Gasteiger partial charge in [-0.3, -0.25) is 0 Å². The van der Waals surface area contributed by atoms with Crippen LogP contribution in [0.4, 0.5) is 4.79 Å². The van der Waals surface area contributed by atoms with Crippen LogP contribution in [0.15, 0.2) is 0 Å². The predicted molar refractivity (Wildman–Crippen MR) is 87.5 cm³/mol. The first-order valence-corrected chi connectivity index (χ1v) is 8.16. The van der Waals surface area contributed by atoms with E-state index < -0.39 is 5.60 Å². The van der Waals surface area contributed by atoms with Crippen LogP contribution < -0.4 is 10.6 Å². The van der Waals surface area contributed by atoms with Crippen molar-refractivity contribution in [2.24, 2.45) is 5.41 Å². The van der Waals surface area contributed by atoms with Gasteiger partial charge in [0.05, 0.1) is 5.54 Å². The first-order chi connectivity index (χ1) is 9.41. The van der Waals surface area contributed by atoms with E-state index in [-0.39, 0.29) is 11.6 Å². The predicted octanol–water partition coefficient (Wildman–Crippen LogP) is 3.85. The number of ether oxygens (including phenoxy) is 1. The monoisotopic (exact) mass is 298 g/mol. The lowest BCUT2D eigenvalue weighted by Gasteiger charge is -2.41. The first kappa shape index (κ1) is 18.3. The van der Waals surface area contributed by atoms with Crippen molar-refractivity contribution in [1.82, 2.24) is 10.6 Å². The van der Waals surface area contributed by atoms with Crippen molar-refractivity contribution < 1.29 is 9.53 Å². The molecule has 0 aliphatic heterocycles. The van der Waals surface area contributed by atoms with E-state index in [9.17, 15) is 4.79 Å². The number of hydrogen-bond donors (Lipinski definition) is 2. The highest BCUT2D eigenvalue weighted by molar-refractivity contribution is 5.68. The zero-order valence-electron chi connectivity index (χ0n) is 14.9. The number of nitrogens with one attached hydrogen (secondary N) is 2. The molecule has 1 unspecified atom stereocenters. The number of amides is 1. The Hall–Kier alpha value is -0.770. The van der Waals surface area contributed by atoms with E-state index in [1.54, 1.807) is 0 Å². The summed E-state index contributed by atoms with van der Waals surface area (Å²) in [4.78, 5) is 11.9. The van der Waals surface area contributed by atoms with Crippen molar-refractivity contribution >= 4 is 6.09 Å². The van der Waals surface area contributed by atoms with E-state index in [0.29, 0.717) is 11.5 Å². The largest absolute Gasteiger partial charge is 0.444 e. The van der Waals surface area contributed by atoms with E-state index >= 15 is 0 Å². The molecule has 2 N–H and O–H groups in total. The summed E-state index contributed by atoms with van der Waals surface area (Å²) in [5.41, 5.74) is -0.449. The SMILES string of the molecule is CC(C)(CNC1CCCCC1(C)C)NC(=O)OC(C)(C)C. The third-order valence-electron chi connectivity index (χ3n) is 4.14. The molecule has 4 heteroatoms. The Labute approximate surface area is 130 Å². The third kappa shape index (κ3) is 6.68. The standard InChI is InChI=1S/C17H34N2O2/c1-15(2,3)21-14(20)19-17(6,7)12-18-13-10-8-9-11-16(13,4)5/h13,18H,8-12H2,1-7H3,(H,19,20). The quantitative estimate of drug-likeness (QED) is 0.829. The fraction of sp³-hybridized carbons (Fsp3) is 0.941. The van der Waals surface area contributed by atoms with Crippen LogP contribution in [0.25, 0.3) is 0 Å². The van der Waals surface area contributed by atoms with Gasteiger partial charge >= 0.3 is 6.09 Å². The number of alkyl carbamates (subject to hydrolysis) is 1. The van der Waals surface area contributed by atoms with Crippen LogP contribution in [0.3, 0.4) is 0 Å². The Balaban J connectivity index is 2.47. The van der Waals surface area contributed by atoms with Crippen LogP contribution in [0.5, 0.6) is 0 Å². The molecule has 1 aliphatic rings. The molecule has 0 aromatic heterocycles. The highest BCUT2D eigenvalue weighted by Crippen LogP contribution is 2.35. The number of hydrogen-bond acceptors (Lipinski definition) is 3. The average Bonchev–Trinajstić information content (AvgIpc) is 2.23. The van der Waals surface area contributed by atoms with Crippen molar-refractivity contribution in [3.8, 4) is 0 Å². The van der Waals surface area contributed by atoms with Crippen LogP contribution in [0, 0.1) is 5.41 Å². The summed E-state index contributed by atoms with van der Waals surface area (Å²) in [7, 11) is 0. The number of rotatable bonds is 4. The Kier molecular flexibility index (Phi) is 5.70. The third-order valence-corrected chi connectivity index (χ3v) is 4.14. The van der Waals surface area contributed by atoms with Crippen LogP contribution in [-0.4, -0.2) is 29.8 Å². The van der Waals surface area contributed by atoms with Crippen molar-refractivity contribution in [1.29, 1.82) is 0 Å². The summed E-state index contributed by atoms with van der Waals surface area (Å²) in [6, 6.07) is 0.519. The zero-order valence-corrected chi connectivity index (χ0v) is 14.9. The van der Waals surface area contributed by atoms with Gasteiger partial charge in [-0.05, 0) is 52.9 Å². The topological polar surface area (TPSA) is 50.4 Å². The molecule has 1 amide bonds. The molecule has 1 fully saturated rings. The molecule has 0 heterocycles. The number of carbonyl (C=O) groups excluding carboxylic acids is 1. The zero-order chi connectivity index (χ0) is 16.3. The summed E-state index contributed by atoms with van der Waals surface area (Å²) in [6.07, 6.45) is 4.75. The molecule has 1 rings (SSSR count). The summed E-state index contributed by atoms with van der Waals surface area (Å²) in [5.74, 6) is 0. The van der Waals surface area contributed by atoms with Gasteiger partial charge in [0.25, 0.3) is 0 Å². The molecule has 1 saturated carbocycles. The molecule has 124 valence electrons. The molecule has 0 aromatic carbocycles. The van der Waals surface area contributed by atoms with E-state index in [2.05, 4.69) is 24.5 Å². The van der Waals surface area contributed by atoms with Gasteiger partial charge in [0.1, 0.15) is 5.60 Å². The average molecular weight is 298 g/mol. The fourth-order valence-electron chi connectivity index (χ4n) is 2.87. The fourth-order valence-corrected chi connectivity index (χ4v) is 2.87. The minimum absolute atomic E-state index is 0.324. The summed E-state index contributed by atoms with van der Waals surface area (Å²) >= 11 is 0. The van der Waals surface area contributed by atoms with E-state index in [0.717, 1.165) is 6.54 Å². The van der Waals surface area contributed by atoms with E-state index in [1.807, 2.05) is 34.6 Å². The van der Waals surface area contributed by atoms with E-state index in [4.69, 9.17) is 4.74 Å². The Bertz CT molecular complexity index is 356. The maximum absolute atomic E-state index is 11.9. The second-order valence-corrected chi connectivity index (χ2v) is 8.68. The van der Waals surface area contributed by atoms with Crippen molar-refractivity contribution in [2.75, 3.05) is 6.54 Å². The molecule has 0 spiro atoms. The molecule has 0 bridgehead atoms. The lowest BCUT2D eigenvalue weighted by Crippen LogP contribution is -2.55. The van der Waals surface area contributed by atoms with Crippen molar-refractivity contribution in [2.45, 2.75) is 91.3 Å². The van der Waals surface area contributed by atoms with Gasteiger partial charge in [-0.15, -0.1) is 0 Å². The van der Waals surface area contributed by atoms with Gasteiger partial charge in [0.2, 0.25) is 0 Å². The lowest BCUT2D eigenvalue weighted by molar-refractivity contribution is 0.0465. The maximum Gasteiger partial charge on any atom is 0.408 e. The smallest absolute Gasteiger partial charge is 0.408 e. The first-order valence-electron chi connectivity index (χ1n) is 8.16. The summed E-state index contributed by atoms with van der Waals surface area (Å²) in [6.45, 7) is 15.1. The highest BCUT2D eigenvalue weighted by Gasteiger charge is 2.33. The molecular weight excluding hydrogens is 264 g/mol. The van der Waals surface area contributed by atoms with Crippen molar-refractivity contribution in [3.05, 3.63) is 0 Å². The van der Waals surface area contributed by atoms with Gasteiger partial charge in [0, 0.05) is 12.6 Å². The van der Waals surface area contributed by atoms with Crippen LogP contribution in [0.2, 0.25) is 0 Å². The van der Waals surface area contributed by atoms with E-state index in [1.165, 1.54) is 25.7 Å². The van der Waals surface area contributed by atoms with Gasteiger partial charge in [-0.2, -0.15) is 0 Å². The molecule has 0 saturated heterocycles. The molecule has 21 heavy (non-hydrogen) atoms. The Morgan fingerprint density at radius 2 is 1.81 bits per heavy atom. The normalized spacial score (nSPS) is 22.7. The van der Waals surface area contributed by atoms with Crippen LogP contribution in [0.1, 0.15) is 74.1 Å². The van der Waals surface area contributed by atoms with Gasteiger partial charge in [-0.1, -0.05) is 26.7 Å². The Morgan fingerprint density at radius 3 is 2.33 bits per heavy atom. The molecule has 1 aliphatic carbocycles. The highest BCUT2D eigenvalue weighted by atomic mass is 16.6. The minimum Gasteiger partial charge on any atom is -0.444 e. The van der Waals surface area contributed by atoms with Gasteiger partial charge in [0.15, 0.2) is 0 Å². The number of carbonyl (C=O) groups is 1. The van der Waals surface area contributed by atoms with Crippen LogP contribution in [-0.2, 0) is 4.74 Å². The molecule has 0 aromatic rings. The van der Waals surface area contributed by atoms with Crippen molar-refractivity contribution in [3.63, 3.8) is 0 Å². The maximum atomic E-state index is 11.9. The van der Waals surface area contributed by atoms with Crippen LogP contribution >= 0.6 is 0 Å². The second-order valence-electron chi connectivity index (χ2n) is 8.68. The summed E-state index contributed by atoms with van der Waals surface area (Å²) in [5, 5.41) is 6.61. The van der Waals surface area contributed by atoms with Gasteiger partial charge in [-0.25, -0.2) is 4.79 Å². The minimum atomic E-state index is -0.459. The molecular formula is C17H34N2O2. The molecule has 0 radical (unpaired) electrons. The molecule has 1 atom stereocenters. The summed E-state index contributed by atoms with van der Waals surface area (Å²) < 4.78 is 5.33. The van der Waals surface area contributed by atoms with Gasteiger partial charge < -0.3 is 15.4 Å². The lowest BCUT2D eigenvalue weighted by atomic mass is 9.73. The Morgan fingerprint density at radius 1 is 1.19 bits per heavy atom. The molecule has 4 nitrogen and oxygen atoms in total. The second kappa shape index (κ2) is 6.55.